The van der Waals surface area contributed by atoms with Crippen LogP contribution in [0.2, 0.25) is 0 Å². The topological polar surface area (TPSA) is 71.4 Å². The fraction of sp³-hybridized carbons (Fsp3) is 0.235. The lowest BCUT2D eigenvalue weighted by Gasteiger charge is -2.13. The average Bonchev–Trinajstić information content (AvgIpc) is 2.57. The molecule has 1 aromatic heterocycles. The van der Waals surface area contributed by atoms with Gasteiger partial charge in [-0.15, -0.1) is 0 Å². The SMILES string of the molecule is CN(C)C(=O)c1cc(NC(=O)c2ccc(C(F)(F)F)cc2)c(=O)n(C)c1. The van der Waals surface area contributed by atoms with Crippen molar-refractivity contribution in [2.75, 3.05) is 19.4 Å². The van der Waals surface area contributed by atoms with Gasteiger partial charge in [0.15, 0.2) is 0 Å². The molecular formula is C17H16F3N3O3. The minimum atomic E-state index is -4.51. The Morgan fingerprint density at radius 1 is 1.08 bits per heavy atom. The van der Waals surface area contributed by atoms with Crippen molar-refractivity contribution in [2.45, 2.75) is 6.18 Å². The summed E-state index contributed by atoms with van der Waals surface area (Å²) in [5, 5.41) is 2.34. The second-order valence-corrected chi connectivity index (χ2v) is 5.79. The third-order valence-electron chi connectivity index (χ3n) is 3.56. The van der Waals surface area contributed by atoms with Gasteiger partial charge in [-0.25, -0.2) is 0 Å². The summed E-state index contributed by atoms with van der Waals surface area (Å²) in [6.07, 6.45) is -3.18. The van der Waals surface area contributed by atoms with E-state index in [0.29, 0.717) is 0 Å². The minimum Gasteiger partial charge on any atom is -0.345 e. The quantitative estimate of drug-likeness (QED) is 0.905. The first-order valence-corrected chi connectivity index (χ1v) is 7.41. The monoisotopic (exact) mass is 367 g/mol. The molecule has 0 aliphatic rings. The molecule has 0 bridgehead atoms. The number of hydrogen-bond acceptors (Lipinski definition) is 3. The summed E-state index contributed by atoms with van der Waals surface area (Å²) in [5.74, 6) is -1.13. The molecule has 0 atom stereocenters. The van der Waals surface area contributed by atoms with Crippen LogP contribution >= 0.6 is 0 Å². The largest absolute Gasteiger partial charge is 0.416 e. The van der Waals surface area contributed by atoms with E-state index in [-0.39, 0.29) is 22.7 Å². The zero-order chi connectivity index (χ0) is 19.6. The van der Waals surface area contributed by atoms with Crippen LogP contribution in [0.3, 0.4) is 0 Å². The van der Waals surface area contributed by atoms with Crippen molar-refractivity contribution in [3.05, 3.63) is 63.6 Å². The lowest BCUT2D eigenvalue weighted by molar-refractivity contribution is -0.137. The van der Waals surface area contributed by atoms with Gasteiger partial charge in [0.1, 0.15) is 5.69 Å². The summed E-state index contributed by atoms with van der Waals surface area (Å²) in [6.45, 7) is 0. The second kappa shape index (κ2) is 7.03. The van der Waals surface area contributed by atoms with Crippen molar-refractivity contribution >= 4 is 17.5 Å². The number of nitrogens with zero attached hydrogens (tertiary/aromatic N) is 2. The van der Waals surface area contributed by atoms with Crippen molar-refractivity contribution in [3.8, 4) is 0 Å². The highest BCUT2D eigenvalue weighted by Gasteiger charge is 2.30. The maximum Gasteiger partial charge on any atom is 0.416 e. The normalized spacial score (nSPS) is 11.2. The first-order chi connectivity index (χ1) is 12.0. The molecule has 138 valence electrons. The number of aryl methyl sites for hydroxylation is 1. The number of nitrogens with one attached hydrogen (secondary N) is 1. The van der Waals surface area contributed by atoms with Gasteiger partial charge in [-0.2, -0.15) is 13.2 Å². The Morgan fingerprint density at radius 2 is 1.65 bits per heavy atom. The van der Waals surface area contributed by atoms with E-state index in [1.807, 2.05) is 0 Å². The van der Waals surface area contributed by atoms with Crippen LogP contribution in [-0.4, -0.2) is 35.4 Å². The first-order valence-electron chi connectivity index (χ1n) is 7.41. The maximum atomic E-state index is 12.6. The van der Waals surface area contributed by atoms with Crippen LogP contribution < -0.4 is 10.9 Å². The molecule has 9 heteroatoms. The molecule has 0 spiro atoms. The van der Waals surface area contributed by atoms with E-state index in [0.717, 1.165) is 28.8 Å². The van der Waals surface area contributed by atoms with Gasteiger partial charge in [0.05, 0.1) is 11.1 Å². The molecule has 0 unspecified atom stereocenters. The summed E-state index contributed by atoms with van der Waals surface area (Å²) in [5.41, 5.74) is -1.46. The minimum absolute atomic E-state index is 0.0515. The van der Waals surface area contributed by atoms with E-state index < -0.39 is 23.2 Å². The number of pyridine rings is 1. The third-order valence-corrected chi connectivity index (χ3v) is 3.56. The van der Waals surface area contributed by atoms with Gasteiger partial charge in [0.2, 0.25) is 0 Å². The molecule has 0 fully saturated rings. The molecule has 2 rings (SSSR count). The van der Waals surface area contributed by atoms with E-state index >= 15 is 0 Å². The van der Waals surface area contributed by atoms with Crippen LogP contribution in [0.4, 0.5) is 18.9 Å². The maximum absolute atomic E-state index is 12.6. The fourth-order valence-electron chi connectivity index (χ4n) is 2.18. The number of carbonyl (C=O) groups excluding carboxylic acids is 2. The van der Waals surface area contributed by atoms with Crippen LogP contribution in [0.25, 0.3) is 0 Å². The third kappa shape index (κ3) is 4.11. The predicted octanol–water partition coefficient (Wildman–Crippen LogP) is 2.36. The van der Waals surface area contributed by atoms with Gasteiger partial charge < -0.3 is 14.8 Å². The Kier molecular flexibility index (Phi) is 5.20. The van der Waals surface area contributed by atoms with Gasteiger partial charge in [0, 0.05) is 32.9 Å². The van der Waals surface area contributed by atoms with Crippen molar-refractivity contribution in [3.63, 3.8) is 0 Å². The number of alkyl halides is 3. The van der Waals surface area contributed by atoms with E-state index in [1.165, 1.54) is 38.3 Å². The highest BCUT2D eigenvalue weighted by Crippen LogP contribution is 2.29. The summed E-state index contributed by atoms with van der Waals surface area (Å²) >= 11 is 0. The van der Waals surface area contributed by atoms with Crippen LogP contribution in [-0.2, 0) is 13.2 Å². The van der Waals surface area contributed by atoms with Gasteiger partial charge >= 0.3 is 6.18 Å². The summed E-state index contributed by atoms with van der Waals surface area (Å²) in [4.78, 5) is 37.7. The molecule has 0 aliphatic carbocycles. The van der Waals surface area contributed by atoms with Crippen LogP contribution in [0.1, 0.15) is 26.3 Å². The van der Waals surface area contributed by atoms with Crippen molar-refractivity contribution < 1.29 is 22.8 Å². The van der Waals surface area contributed by atoms with Crippen molar-refractivity contribution in [1.29, 1.82) is 0 Å². The molecule has 0 radical (unpaired) electrons. The van der Waals surface area contributed by atoms with Gasteiger partial charge in [-0.3, -0.25) is 14.4 Å². The number of carbonyl (C=O) groups is 2. The smallest absolute Gasteiger partial charge is 0.345 e. The molecular weight excluding hydrogens is 351 g/mol. The number of aromatic nitrogens is 1. The number of benzene rings is 1. The average molecular weight is 367 g/mol. The van der Waals surface area contributed by atoms with E-state index in [1.54, 1.807) is 0 Å². The molecule has 0 saturated heterocycles. The number of hydrogen-bond donors (Lipinski definition) is 1. The first kappa shape index (κ1) is 19.2. The Hall–Kier alpha value is -3.10. The molecule has 2 aromatic rings. The highest BCUT2D eigenvalue weighted by atomic mass is 19.4. The van der Waals surface area contributed by atoms with Crippen LogP contribution in [0, 0.1) is 0 Å². The molecule has 26 heavy (non-hydrogen) atoms. The lowest BCUT2D eigenvalue weighted by atomic mass is 10.1. The Bertz CT molecular complexity index is 900. The van der Waals surface area contributed by atoms with E-state index in [4.69, 9.17) is 0 Å². The Balaban J connectivity index is 2.31. The highest BCUT2D eigenvalue weighted by molar-refractivity contribution is 6.05. The fourth-order valence-corrected chi connectivity index (χ4v) is 2.18. The summed E-state index contributed by atoms with van der Waals surface area (Å²) in [7, 11) is 4.49. The standard InChI is InChI=1S/C17H16F3N3O3/c1-22(2)15(25)11-8-13(16(26)23(3)9-11)21-14(24)10-4-6-12(7-5-10)17(18,19)20/h4-9H,1-3H3,(H,21,24). The predicted molar refractivity (Wildman–Crippen MR) is 89.1 cm³/mol. The van der Waals surface area contributed by atoms with Gasteiger partial charge in [-0.05, 0) is 30.3 Å². The summed E-state index contributed by atoms with van der Waals surface area (Å²) in [6, 6.07) is 4.81. The van der Waals surface area contributed by atoms with E-state index in [2.05, 4.69) is 5.32 Å². The molecule has 0 aliphatic heterocycles. The zero-order valence-electron chi connectivity index (χ0n) is 14.2. The van der Waals surface area contributed by atoms with E-state index in [9.17, 15) is 27.6 Å². The van der Waals surface area contributed by atoms with Gasteiger partial charge in [0.25, 0.3) is 17.4 Å². The second-order valence-electron chi connectivity index (χ2n) is 5.79. The Morgan fingerprint density at radius 3 is 2.15 bits per heavy atom. The number of halogens is 3. The van der Waals surface area contributed by atoms with Crippen LogP contribution in [0.5, 0.6) is 0 Å². The zero-order valence-corrected chi connectivity index (χ0v) is 14.2. The molecule has 2 amide bonds. The molecule has 1 aromatic carbocycles. The van der Waals surface area contributed by atoms with Gasteiger partial charge in [-0.1, -0.05) is 0 Å². The Labute approximate surface area is 146 Å². The number of rotatable bonds is 3. The molecule has 0 saturated carbocycles. The lowest BCUT2D eigenvalue weighted by Crippen LogP contribution is -2.28. The van der Waals surface area contributed by atoms with Crippen LogP contribution in [0.15, 0.2) is 41.3 Å². The van der Waals surface area contributed by atoms with Crippen molar-refractivity contribution in [1.82, 2.24) is 9.47 Å². The van der Waals surface area contributed by atoms with Crippen molar-refractivity contribution in [2.24, 2.45) is 7.05 Å². The molecule has 1 heterocycles. The molecule has 1 N–H and O–H groups in total. The molecule has 6 nitrogen and oxygen atoms in total. The summed E-state index contributed by atoms with van der Waals surface area (Å²) < 4.78 is 38.8. The number of anilines is 1. The number of amides is 2.